The molecule has 1 aromatic rings. The minimum absolute atomic E-state index is 0.0516. The number of nitrogens with two attached hydrogens (primary N) is 1. The first-order valence-electron chi connectivity index (χ1n) is 8.84. The third-order valence-electron chi connectivity index (χ3n) is 5.15. The van der Waals surface area contributed by atoms with Gasteiger partial charge in [-0.2, -0.15) is 0 Å². The SMILES string of the molecule is NC(C(=O)N1CCSC1)C1CCC(NC(=O)c2c(Cl)cccc2Cl)CC1. The highest BCUT2D eigenvalue weighted by molar-refractivity contribution is 7.99. The van der Waals surface area contributed by atoms with Gasteiger partial charge in [0.1, 0.15) is 0 Å². The minimum atomic E-state index is -0.441. The number of thioether (sulfide) groups is 1. The van der Waals surface area contributed by atoms with Gasteiger partial charge in [-0.05, 0) is 43.7 Å². The molecular formula is C18H23Cl2N3O2S. The zero-order valence-electron chi connectivity index (χ0n) is 14.4. The first-order valence-corrected chi connectivity index (χ1v) is 10.8. The maximum Gasteiger partial charge on any atom is 0.254 e. The molecule has 2 fully saturated rings. The van der Waals surface area contributed by atoms with Crippen LogP contribution in [0.4, 0.5) is 0 Å². The van der Waals surface area contributed by atoms with Crippen LogP contribution in [-0.2, 0) is 4.79 Å². The van der Waals surface area contributed by atoms with E-state index in [9.17, 15) is 9.59 Å². The summed E-state index contributed by atoms with van der Waals surface area (Å²) in [5.74, 6) is 1.72. The van der Waals surface area contributed by atoms with E-state index in [4.69, 9.17) is 28.9 Å². The Kier molecular flexibility index (Phi) is 6.72. The fourth-order valence-electron chi connectivity index (χ4n) is 3.60. The van der Waals surface area contributed by atoms with Crippen molar-refractivity contribution >= 4 is 46.8 Å². The third kappa shape index (κ3) is 4.47. The van der Waals surface area contributed by atoms with Gasteiger partial charge in [-0.15, -0.1) is 11.8 Å². The van der Waals surface area contributed by atoms with Crippen LogP contribution < -0.4 is 11.1 Å². The Morgan fingerprint density at radius 3 is 2.42 bits per heavy atom. The lowest BCUT2D eigenvalue weighted by Gasteiger charge is -2.33. The van der Waals surface area contributed by atoms with Crippen LogP contribution in [0.25, 0.3) is 0 Å². The van der Waals surface area contributed by atoms with Crippen molar-refractivity contribution in [2.75, 3.05) is 18.2 Å². The first kappa shape index (κ1) is 19.8. The summed E-state index contributed by atoms with van der Waals surface area (Å²) >= 11 is 14.0. The number of carbonyl (C=O) groups excluding carboxylic acids is 2. The van der Waals surface area contributed by atoms with Gasteiger partial charge in [-0.25, -0.2) is 0 Å². The van der Waals surface area contributed by atoms with Gasteiger partial charge < -0.3 is 16.0 Å². The normalized spacial score (nSPS) is 24.3. The van der Waals surface area contributed by atoms with Crippen molar-refractivity contribution in [2.45, 2.75) is 37.8 Å². The predicted octanol–water partition coefficient (Wildman–Crippen LogP) is 3.14. The average molecular weight is 416 g/mol. The van der Waals surface area contributed by atoms with Gasteiger partial charge in [0.2, 0.25) is 5.91 Å². The molecule has 3 N–H and O–H groups in total. The topological polar surface area (TPSA) is 75.4 Å². The maximum atomic E-state index is 12.5. The number of nitrogens with zero attached hydrogens (tertiary/aromatic N) is 1. The molecular weight excluding hydrogens is 393 g/mol. The lowest BCUT2D eigenvalue weighted by Crippen LogP contribution is -2.49. The van der Waals surface area contributed by atoms with Crippen molar-refractivity contribution < 1.29 is 9.59 Å². The molecule has 0 radical (unpaired) electrons. The zero-order valence-corrected chi connectivity index (χ0v) is 16.7. The molecule has 8 heteroatoms. The van der Waals surface area contributed by atoms with Crippen LogP contribution in [0.2, 0.25) is 10.0 Å². The molecule has 1 aliphatic carbocycles. The molecule has 2 aliphatic rings. The van der Waals surface area contributed by atoms with E-state index in [1.54, 1.807) is 30.0 Å². The number of halogens is 2. The molecule has 5 nitrogen and oxygen atoms in total. The molecule has 1 saturated carbocycles. The van der Waals surface area contributed by atoms with E-state index < -0.39 is 6.04 Å². The second-order valence-corrected chi connectivity index (χ2v) is 8.74. The number of amides is 2. The summed E-state index contributed by atoms with van der Waals surface area (Å²) < 4.78 is 0. The number of rotatable bonds is 4. The van der Waals surface area contributed by atoms with Crippen LogP contribution in [0.5, 0.6) is 0 Å². The van der Waals surface area contributed by atoms with Crippen LogP contribution in [0.3, 0.4) is 0 Å². The number of nitrogens with one attached hydrogen (secondary N) is 1. The molecule has 1 aromatic carbocycles. The van der Waals surface area contributed by atoms with E-state index >= 15 is 0 Å². The quantitative estimate of drug-likeness (QED) is 0.791. The smallest absolute Gasteiger partial charge is 0.254 e. The summed E-state index contributed by atoms with van der Waals surface area (Å²) in [5, 5.41) is 3.71. The molecule has 1 atom stereocenters. The monoisotopic (exact) mass is 415 g/mol. The Morgan fingerprint density at radius 1 is 1.19 bits per heavy atom. The molecule has 1 aliphatic heterocycles. The fourth-order valence-corrected chi connectivity index (χ4v) is 5.12. The summed E-state index contributed by atoms with van der Waals surface area (Å²) in [6.45, 7) is 0.793. The van der Waals surface area contributed by atoms with E-state index in [2.05, 4.69) is 5.32 Å². The van der Waals surface area contributed by atoms with Crippen molar-refractivity contribution in [1.29, 1.82) is 0 Å². The van der Waals surface area contributed by atoms with Crippen LogP contribution in [0.15, 0.2) is 18.2 Å². The highest BCUT2D eigenvalue weighted by Crippen LogP contribution is 2.29. The molecule has 2 amide bonds. The average Bonchev–Trinajstić information content (AvgIpc) is 3.15. The van der Waals surface area contributed by atoms with Gasteiger partial charge in [0.05, 0.1) is 27.5 Å². The van der Waals surface area contributed by atoms with E-state index in [-0.39, 0.29) is 23.8 Å². The van der Waals surface area contributed by atoms with Crippen LogP contribution in [0, 0.1) is 5.92 Å². The molecule has 0 aromatic heterocycles. The second-order valence-electron chi connectivity index (χ2n) is 6.85. The number of benzene rings is 1. The molecule has 0 spiro atoms. The van der Waals surface area contributed by atoms with Crippen molar-refractivity contribution in [2.24, 2.45) is 11.7 Å². The number of hydrogen-bond acceptors (Lipinski definition) is 4. The lowest BCUT2D eigenvalue weighted by atomic mass is 9.81. The molecule has 1 unspecified atom stereocenters. The molecule has 0 bridgehead atoms. The molecule has 1 saturated heterocycles. The van der Waals surface area contributed by atoms with E-state index in [1.165, 1.54) is 0 Å². The minimum Gasteiger partial charge on any atom is -0.349 e. The van der Waals surface area contributed by atoms with E-state index in [1.807, 2.05) is 4.90 Å². The Bertz CT molecular complexity index is 654. The maximum absolute atomic E-state index is 12.5. The molecule has 1 heterocycles. The molecule has 26 heavy (non-hydrogen) atoms. The lowest BCUT2D eigenvalue weighted by molar-refractivity contribution is -0.132. The summed E-state index contributed by atoms with van der Waals surface area (Å²) in [4.78, 5) is 26.8. The van der Waals surface area contributed by atoms with Crippen molar-refractivity contribution in [3.05, 3.63) is 33.8 Å². The van der Waals surface area contributed by atoms with Gasteiger partial charge in [0.15, 0.2) is 0 Å². The predicted molar refractivity (Wildman–Crippen MR) is 107 cm³/mol. The second kappa shape index (κ2) is 8.83. The highest BCUT2D eigenvalue weighted by atomic mass is 35.5. The highest BCUT2D eigenvalue weighted by Gasteiger charge is 2.33. The van der Waals surface area contributed by atoms with Gasteiger partial charge in [-0.1, -0.05) is 29.3 Å². The Hall–Kier alpha value is -0.950. The number of hydrogen-bond donors (Lipinski definition) is 2. The van der Waals surface area contributed by atoms with Crippen LogP contribution in [-0.4, -0.2) is 47.0 Å². The van der Waals surface area contributed by atoms with Crippen molar-refractivity contribution in [3.63, 3.8) is 0 Å². The zero-order chi connectivity index (χ0) is 18.7. The largest absolute Gasteiger partial charge is 0.349 e. The van der Waals surface area contributed by atoms with E-state index in [0.29, 0.717) is 15.6 Å². The standard InChI is InChI=1S/C18H23Cl2N3O2S/c19-13-2-1-3-14(20)15(13)17(24)22-12-6-4-11(5-7-12)16(21)18(25)23-8-9-26-10-23/h1-3,11-12,16H,4-10,21H2,(H,22,24). The van der Waals surface area contributed by atoms with E-state index in [0.717, 1.165) is 43.9 Å². The van der Waals surface area contributed by atoms with Gasteiger partial charge in [0.25, 0.3) is 5.91 Å². The van der Waals surface area contributed by atoms with Gasteiger partial charge >= 0.3 is 0 Å². The summed E-state index contributed by atoms with van der Waals surface area (Å²) in [6, 6.07) is 4.63. The molecule has 3 rings (SSSR count). The Balaban J connectivity index is 1.52. The first-order chi connectivity index (χ1) is 12.5. The van der Waals surface area contributed by atoms with Crippen LogP contribution in [0.1, 0.15) is 36.0 Å². The fraction of sp³-hybridized carbons (Fsp3) is 0.556. The Morgan fingerprint density at radius 2 is 1.85 bits per heavy atom. The number of carbonyl (C=O) groups is 2. The van der Waals surface area contributed by atoms with Crippen molar-refractivity contribution in [3.8, 4) is 0 Å². The summed E-state index contributed by atoms with van der Waals surface area (Å²) in [5.41, 5.74) is 6.54. The van der Waals surface area contributed by atoms with Crippen LogP contribution >= 0.6 is 35.0 Å². The Labute approximate surface area is 168 Å². The van der Waals surface area contributed by atoms with Gasteiger partial charge in [0, 0.05) is 18.3 Å². The van der Waals surface area contributed by atoms with Crippen molar-refractivity contribution in [1.82, 2.24) is 10.2 Å². The summed E-state index contributed by atoms with van der Waals surface area (Å²) in [6.07, 6.45) is 3.26. The third-order valence-corrected chi connectivity index (χ3v) is 6.75. The molecule has 142 valence electrons. The van der Waals surface area contributed by atoms with Gasteiger partial charge in [-0.3, -0.25) is 9.59 Å². The summed E-state index contributed by atoms with van der Waals surface area (Å²) in [7, 11) is 0.